The van der Waals surface area contributed by atoms with Gasteiger partial charge in [0.2, 0.25) is 5.95 Å². The molecule has 0 unspecified atom stereocenters. The van der Waals surface area contributed by atoms with E-state index in [0.717, 1.165) is 49.7 Å². The van der Waals surface area contributed by atoms with Crippen molar-refractivity contribution in [3.63, 3.8) is 0 Å². The van der Waals surface area contributed by atoms with Gasteiger partial charge >= 0.3 is 0 Å². The molecule has 0 spiro atoms. The minimum absolute atomic E-state index is 0.579. The molecular weight excluding hydrogens is 787 g/mol. The van der Waals surface area contributed by atoms with Gasteiger partial charge in [-0.3, -0.25) is 4.57 Å². The number of thiophene rings is 1. The van der Waals surface area contributed by atoms with Crippen molar-refractivity contribution in [3.05, 3.63) is 212 Å². The molecule has 0 fully saturated rings. The summed E-state index contributed by atoms with van der Waals surface area (Å²) in [6.45, 7) is 0. The standard InChI is InChI=1S/C57H35N5S/c1-4-17-36(18-5-1)39-23-16-24-40(35-39)61-49-29-14-12-26-42(49)44-31-33-46-47-34-32-45-43-27-13-15-30-50(43)62(52(45)54(47)63-53(46)51(44)61)57-59-55(38-21-8-3-9-22-38)58-56(60-57)48-28-11-10-25-41(48)37-19-6-2-7-20-37/h1-35H. The third kappa shape index (κ3) is 5.59. The zero-order chi connectivity index (χ0) is 41.4. The van der Waals surface area contributed by atoms with Crippen LogP contribution in [0.4, 0.5) is 0 Å². The van der Waals surface area contributed by atoms with Gasteiger partial charge in [0, 0.05) is 49.1 Å². The molecule has 5 nitrogen and oxygen atoms in total. The minimum atomic E-state index is 0.579. The molecule has 13 aromatic rings. The summed E-state index contributed by atoms with van der Waals surface area (Å²) in [5, 5.41) is 7.20. The summed E-state index contributed by atoms with van der Waals surface area (Å²) in [6.07, 6.45) is 0. The van der Waals surface area contributed by atoms with E-state index in [1.54, 1.807) is 0 Å². The molecule has 0 atom stereocenters. The second-order valence-corrected chi connectivity index (χ2v) is 17.0. The second-order valence-electron chi connectivity index (χ2n) is 16.0. The predicted octanol–water partition coefficient (Wildman–Crippen LogP) is 15.1. The number of aromatic nitrogens is 5. The van der Waals surface area contributed by atoms with Gasteiger partial charge in [-0.25, -0.2) is 4.98 Å². The summed E-state index contributed by atoms with van der Waals surface area (Å²) < 4.78 is 7.18. The fraction of sp³-hybridized carbons (Fsp3) is 0. The van der Waals surface area contributed by atoms with Crippen molar-refractivity contribution in [1.82, 2.24) is 24.1 Å². The number of hydrogen-bond donors (Lipinski definition) is 0. The maximum atomic E-state index is 5.43. The van der Waals surface area contributed by atoms with E-state index >= 15 is 0 Å². The molecule has 13 rings (SSSR count). The van der Waals surface area contributed by atoms with E-state index in [0.29, 0.717) is 17.6 Å². The van der Waals surface area contributed by atoms with Gasteiger partial charge in [-0.1, -0.05) is 188 Å². The lowest BCUT2D eigenvalue weighted by Gasteiger charge is -2.13. The third-order valence-corrected chi connectivity index (χ3v) is 13.6. The Balaban J connectivity index is 1.12. The van der Waals surface area contributed by atoms with Gasteiger partial charge in [-0.15, -0.1) is 11.3 Å². The van der Waals surface area contributed by atoms with Gasteiger partial charge in [0.05, 0.1) is 31.5 Å². The first-order chi connectivity index (χ1) is 31.3. The van der Waals surface area contributed by atoms with Gasteiger partial charge in [0.25, 0.3) is 0 Å². The first-order valence-electron chi connectivity index (χ1n) is 21.2. The number of para-hydroxylation sites is 2. The highest BCUT2D eigenvalue weighted by molar-refractivity contribution is 7.27. The van der Waals surface area contributed by atoms with E-state index in [1.165, 1.54) is 53.1 Å². The van der Waals surface area contributed by atoms with E-state index in [-0.39, 0.29) is 0 Å². The van der Waals surface area contributed by atoms with Crippen molar-refractivity contribution in [3.8, 4) is 56.7 Å². The lowest BCUT2D eigenvalue weighted by molar-refractivity contribution is 0.955. The fourth-order valence-electron chi connectivity index (χ4n) is 9.57. The number of benzene rings is 9. The van der Waals surface area contributed by atoms with Gasteiger partial charge in [0.15, 0.2) is 11.6 Å². The molecule has 0 saturated carbocycles. The lowest BCUT2D eigenvalue weighted by Crippen LogP contribution is -2.07. The topological polar surface area (TPSA) is 48.5 Å². The molecule has 4 aromatic heterocycles. The average Bonchev–Trinajstić information content (AvgIpc) is 4.03. The monoisotopic (exact) mass is 821 g/mol. The molecule has 0 aliphatic rings. The molecular formula is C57H35N5S. The molecule has 6 heteroatoms. The molecule has 0 amide bonds. The summed E-state index contributed by atoms with van der Waals surface area (Å²) in [7, 11) is 0. The summed E-state index contributed by atoms with van der Waals surface area (Å²) >= 11 is 1.86. The highest BCUT2D eigenvalue weighted by Gasteiger charge is 2.24. The normalized spacial score (nSPS) is 11.8. The highest BCUT2D eigenvalue weighted by atomic mass is 32.1. The van der Waals surface area contributed by atoms with Crippen LogP contribution in [0.3, 0.4) is 0 Å². The van der Waals surface area contributed by atoms with E-state index < -0.39 is 0 Å². The third-order valence-electron chi connectivity index (χ3n) is 12.4. The van der Waals surface area contributed by atoms with Crippen LogP contribution in [-0.2, 0) is 0 Å². The first-order valence-corrected chi connectivity index (χ1v) is 22.0. The van der Waals surface area contributed by atoms with Crippen LogP contribution in [0.1, 0.15) is 0 Å². The Morgan fingerprint density at radius 2 is 0.810 bits per heavy atom. The van der Waals surface area contributed by atoms with E-state index in [2.05, 4.69) is 197 Å². The number of rotatable bonds is 6. The molecule has 0 saturated heterocycles. The van der Waals surface area contributed by atoms with Gasteiger partial charge in [0.1, 0.15) is 0 Å². The first kappa shape index (κ1) is 35.6. The number of nitrogens with zero attached hydrogens (tertiary/aromatic N) is 5. The lowest BCUT2D eigenvalue weighted by atomic mass is 9.99. The largest absolute Gasteiger partial charge is 0.308 e. The van der Waals surface area contributed by atoms with E-state index in [1.807, 2.05) is 35.6 Å². The SMILES string of the molecule is c1ccc(-c2cccc(-n3c4ccccc4c4ccc5c6ccc7c8ccccc8n(-c8nc(-c9ccccc9)nc(-c9ccccc9-c9ccccc9)n8)c7c6sc5c43)c2)cc1. The summed E-state index contributed by atoms with van der Waals surface area (Å²) in [6, 6.07) is 75.4. The smallest absolute Gasteiger partial charge is 0.238 e. The maximum absolute atomic E-state index is 5.43. The minimum Gasteiger partial charge on any atom is -0.308 e. The quantitative estimate of drug-likeness (QED) is 0.168. The van der Waals surface area contributed by atoms with Crippen molar-refractivity contribution in [2.24, 2.45) is 0 Å². The number of hydrogen-bond acceptors (Lipinski definition) is 4. The van der Waals surface area contributed by atoms with Crippen molar-refractivity contribution in [2.75, 3.05) is 0 Å². The number of fused-ring (bicyclic) bond motifs is 11. The fourth-order valence-corrected chi connectivity index (χ4v) is 10.9. The van der Waals surface area contributed by atoms with E-state index in [9.17, 15) is 0 Å². The molecule has 0 radical (unpaired) electrons. The zero-order valence-corrected chi connectivity index (χ0v) is 34.7. The zero-order valence-electron chi connectivity index (χ0n) is 33.9. The Morgan fingerprint density at radius 3 is 1.48 bits per heavy atom. The van der Waals surface area contributed by atoms with Crippen LogP contribution in [-0.4, -0.2) is 24.1 Å². The molecule has 0 N–H and O–H groups in total. The van der Waals surface area contributed by atoms with Crippen LogP contribution in [0.5, 0.6) is 0 Å². The van der Waals surface area contributed by atoms with Crippen molar-refractivity contribution in [2.45, 2.75) is 0 Å². The molecule has 0 aliphatic carbocycles. The van der Waals surface area contributed by atoms with Gasteiger partial charge < -0.3 is 4.57 Å². The Kier molecular flexibility index (Phi) is 8.01. The Bertz CT molecular complexity index is 3900. The summed E-state index contributed by atoms with van der Waals surface area (Å²) in [4.78, 5) is 16.0. The van der Waals surface area contributed by atoms with Gasteiger partial charge in [-0.2, -0.15) is 9.97 Å². The Labute approximate surface area is 366 Å². The highest BCUT2D eigenvalue weighted by Crippen LogP contribution is 2.47. The second kappa shape index (κ2) is 14.2. The predicted molar refractivity (Wildman–Crippen MR) is 263 cm³/mol. The molecule has 0 bridgehead atoms. The van der Waals surface area contributed by atoms with Crippen molar-refractivity contribution >= 4 is 75.1 Å². The van der Waals surface area contributed by atoms with E-state index in [4.69, 9.17) is 15.0 Å². The van der Waals surface area contributed by atoms with Crippen molar-refractivity contribution < 1.29 is 0 Å². The van der Waals surface area contributed by atoms with Crippen LogP contribution in [0.25, 0.3) is 120 Å². The van der Waals surface area contributed by atoms with Gasteiger partial charge in [-0.05, 0) is 46.5 Å². The molecule has 0 aliphatic heterocycles. The molecule has 63 heavy (non-hydrogen) atoms. The van der Waals surface area contributed by atoms with Crippen LogP contribution >= 0.6 is 11.3 Å². The Morgan fingerprint density at radius 1 is 0.317 bits per heavy atom. The van der Waals surface area contributed by atoms with Crippen LogP contribution in [0.15, 0.2) is 212 Å². The molecule has 9 aromatic carbocycles. The maximum Gasteiger partial charge on any atom is 0.238 e. The Hall–Kier alpha value is -8.19. The summed E-state index contributed by atoms with van der Waals surface area (Å²) in [5.41, 5.74) is 12.1. The average molecular weight is 822 g/mol. The summed E-state index contributed by atoms with van der Waals surface area (Å²) in [5.74, 6) is 1.82. The van der Waals surface area contributed by atoms with Crippen LogP contribution in [0, 0.1) is 0 Å². The molecule has 4 heterocycles. The van der Waals surface area contributed by atoms with Crippen LogP contribution in [0.2, 0.25) is 0 Å². The van der Waals surface area contributed by atoms with Crippen LogP contribution < -0.4 is 0 Å². The van der Waals surface area contributed by atoms with Crippen molar-refractivity contribution in [1.29, 1.82) is 0 Å². The molecule has 294 valence electrons.